The number of rotatable bonds is 2. The van der Waals surface area contributed by atoms with E-state index < -0.39 is 22.3 Å². The fraction of sp³-hybridized carbons (Fsp3) is 0. The van der Waals surface area contributed by atoms with Crippen molar-refractivity contribution in [3.63, 3.8) is 0 Å². The second-order valence-corrected chi connectivity index (χ2v) is 2.80. The van der Waals surface area contributed by atoms with Gasteiger partial charge in [-0.1, -0.05) is 11.6 Å². The fourth-order valence-corrected chi connectivity index (χ4v) is 1.06. The van der Waals surface area contributed by atoms with Crippen LogP contribution in [0, 0.1) is 10.1 Å². The third-order valence-corrected chi connectivity index (χ3v) is 1.78. The van der Waals surface area contributed by atoms with Gasteiger partial charge in [0.1, 0.15) is 0 Å². The Morgan fingerprint density at radius 1 is 1.50 bits per heavy atom. The van der Waals surface area contributed by atoms with E-state index in [4.69, 9.17) is 21.8 Å². The number of carboxylic acid groups (broad SMARTS) is 1. The standard InChI is InChI=1S/C7H4ClNO5/c8-4-1-3(7(11)12)2-5(6(4)10)9(13)14/h1-2,10H,(H,11,12). The number of nitro benzene ring substituents is 1. The molecule has 0 atom stereocenters. The normalized spacial score (nSPS) is 9.79. The zero-order chi connectivity index (χ0) is 10.9. The molecule has 0 saturated carbocycles. The molecule has 1 rings (SSSR count). The number of carboxylic acids is 1. The maximum absolute atomic E-state index is 10.5. The molecular formula is C7H4ClNO5. The quantitative estimate of drug-likeness (QED) is 0.579. The van der Waals surface area contributed by atoms with Crippen molar-refractivity contribution >= 4 is 23.3 Å². The zero-order valence-electron chi connectivity index (χ0n) is 6.60. The van der Waals surface area contributed by atoms with E-state index in [-0.39, 0.29) is 10.6 Å². The Morgan fingerprint density at radius 2 is 2.07 bits per heavy atom. The molecule has 0 heterocycles. The Kier molecular flexibility index (Phi) is 2.57. The lowest BCUT2D eigenvalue weighted by molar-refractivity contribution is -0.385. The zero-order valence-corrected chi connectivity index (χ0v) is 7.35. The van der Waals surface area contributed by atoms with Gasteiger partial charge in [-0.15, -0.1) is 0 Å². The SMILES string of the molecule is O=C(O)c1cc(Cl)c(O)c([N+](=O)[O-])c1. The molecule has 6 nitrogen and oxygen atoms in total. The van der Waals surface area contributed by atoms with Gasteiger partial charge in [0.05, 0.1) is 15.5 Å². The first-order chi connectivity index (χ1) is 6.43. The summed E-state index contributed by atoms with van der Waals surface area (Å²) < 4.78 is 0. The highest BCUT2D eigenvalue weighted by Crippen LogP contribution is 2.34. The van der Waals surface area contributed by atoms with Crippen LogP contribution in [0.5, 0.6) is 5.75 Å². The summed E-state index contributed by atoms with van der Waals surface area (Å²) in [4.78, 5) is 19.9. The summed E-state index contributed by atoms with van der Waals surface area (Å²) >= 11 is 5.39. The van der Waals surface area contributed by atoms with Crippen molar-refractivity contribution < 1.29 is 19.9 Å². The van der Waals surface area contributed by atoms with Crippen LogP contribution in [0.1, 0.15) is 10.4 Å². The number of halogens is 1. The van der Waals surface area contributed by atoms with E-state index in [1.165, 1.54) is 0 Å². The van der Waals surface area contributed by atoms with E-state index in [9.17, 15) is 14.9 Å². The van der Waals surface area contributed by atoms with Crippen LogP contribution in [0.15, 0.2) is 12.1 Å². The summed E-state index contributed by atoms with van der Waals surface area (Å²) in [6.45, 7) is 0. The van der Waals surface area contributed by atoms with Crippen LogP contribution in [0.2, 0.25) is 5.02 Å². The van der Waals surface area contributed by atoms with Gasteiger partial charge in [0.15, 0.2) is 0 Å². The third kappa shape index (κ3) is 1.74. The molecule has 0 aromatic heterocycles. The lowest BCUT2D eigenvalue weighted by atomic mass is 10.2. The van der Waals surface area contributed by atoms with Gasteiger partial charge in [-0.25, -0.2) is 4.79 Å². The fourth-order valence-electron chi connectivity index (χ4n) is 0.847. The number of aromatic hydroxyl groups is 1. The lowest BCUT2D eigenvalue weighted by Gasteiger charge is -2.00. The predicted molar refractivity (Wildman–Crippen MR) is 46.7 cm³/mol. The molecule has 0 radical (unpaired) electrons. The van der Waals surface area contributed by atoms with Gasteiger partial charge < -0.3 is 10.2 Å². The number of hydrogen-bond acceptors (Lipinski definition) is 4. The number of benzene rings is 1. The van der Waals surface area contributed by atoms with E-state index in [1.54, 1.807) is 0 Å². The Bertz CT molecular complexity index is 417. The van der Waals surface area contributed by atoms with Gasteiger partial charge in [0, 0.05) is 6.07 Å². The van der Waals surface area contributed by atoms with Gasteiger partial charge >= 0.3 is 11.7 Å². The van der Waals surface area contributed by atoms with Crippen molar-refractivity contribution in [2.24, 2.45) is 0 Å². The molecule has 0 spiro atoms. The molecule has 1 aromatic carbocycles. The van der Waals surface area contributed by atoms with Crippen LogP contribution in [-0.4, -0.2) is 21.1 Å². The molecule has 0 aliphatic carbocycles. The molecule has 2 N–H and O–H groups in total. The number of nitro groups is 1. The first kappa shape index (κ1) is 10.3. The molecular weight excluding hydrogens is 214 g/mol. The first-order valence-corrected chi connectivity index (χ1v) is 3.71. The Hall–Kier alpha value is -1.82. The smallest absolute Gasteiger partial charge is 0.335 e. The van der Waals surface area contributed by atoms with Gasteiger partial charge in [-0.2, -0.15) is 0 Å². The van der Waals surface area contributed by atoms with Crippen molar-refractivity contribution in [2.45, 2.75) is 0 Å². The van der Waals surface area contributed by atoms with Gasteiger partial charge in [0.25, 0.3) is 0 Å². The largest absolute Gasteiger partial charge is 0.501 e. The molecule has 0 bridgehead atoms. The summed E-state index contributed by atoms with van der Waals surface area (Å²) in [5.74, 6) is -2.09. The topological polar surface area (TPSA) is 101 Å². The molecule has 0 fully saturated rings. The number of nitrogens with zero attached hydrogens (tertiary/aromatic N) is 1. The number of hydrogen-bond donors (Lipinski definition) is 2. The summed E-state index contributed by atoms with van der Waals surface area (Å²) in [6, 6.07) is 1.68. The summed E-state index contributed by atoms with van der Waals surface area (Å²) in [5, 5.41) is 27.6. The number of carbonyl (C=O) groups is 1. The maximum atomic E-state index is 10.5. The second kappa shape index (κ2) is 3.51. The van der Waals surface area contributed by atoms with Crippen molar-refractivity contribution in [1.29, 1.82) is 0 Å². The lowest BCUT2D eigenvalue weighted by Crippen LogP contribution is -1.98. The predicted octanol–water partition coefficient (Wildman–Crippen LogP) is 1.65. The van der Waals surface area contributed by atoms with Crippen LogP contribution < -0.4 is 0 Å². The van der Waals surface area contributed by atoms with Crippen LogP contribution in [0.25, 0.3) is 0 Å². The van der Waals surface area contributed by atoms with E-state index in [0.29, 0.717) is 0 Å². The molecule has 14 heavy (non-hydrogen) atoms. The number of aromatic carboxylic acids is 1. The Labute approximate surface area is 82.5 Å². The summed E-state index contributed by atoms with van der Waals surface area (Å²) in [7, 11) is 0. The molecule has 74 valence electrons. The van der Waals surface area contributed by atoms with Crippen LogP contribution in [-0.2, 0) is 0 Å². The molecule has 0 amide bonds. The highest BCUT2D eigenvalue weighted by Gasteiger charge is 2.20. The minimum Gasteiger partial charge on any atom is -0.501 e. The van der Waals surface area contributed by atoms with E-state index in [2.05, 4.69) is 0 Å². The van der Waals surface area contributed by atoms with E-state index in [0.717, 1.165) is 12.1 Å². The average Bonchev–Trinajstić information content (AvgIpc) is 2.08. The molecule has 0 aliphatic heterocycles. The average molecular weight is 218 g/mol. The Balaban J connectivity index is 3.43. The van der Waals surface area contributed by atoms with Crippen LogP contribution in [0.4, 0.5) is 5.69 Å². The number of phenols is 1. The van der Waals surface area contributed by atoms with Crippen LogP contribution >= 0.6 is 11.6 Å². The second-order valence-electron chi connectivity index (χ2n) is 2.39. The van der Waals surface area contributed by atoms with Crippen LogP contribution in [0.3, 0.4) is 0 Å². The Morgan fingerprint density at radius 3 is 2.50 bits per heavy atom. The minimum atomic E-state index is -1.35. The minimum absolute atomic E-state index is 0.348. The third-order valence-electron chi connectivity index (χ3n) is 1.49. The molecule has 7 heteroatoms. The van der Waals surface area contributed by atoms with Crippen molar-refractivity contribution in [3.8, 4) is 5.75 Å². The first-order valence-electron chi connectivity index (χ1n) is 3.33. The number of phenolic OH excluding ortho intramolecular Hbond substituents is 1. The van der Waals surface area contributed by atoms with Gasteiger partial charge in [-0.3, -0.25) is 10.1 Å². The summed E-state index contributed by atoms with van der Waals surface area (Å²) in [6.07, 6.45) is 0. The maximum Gasteiger partial charge on any atom is 0.335 e. The highest BCUT2D eigenvalue weighted by atomic mass is 35.5. The van der Waals surface area contributed by atoms with E-state index in [1.807, 2.05) is 0 Å². The molecule has 1 aromatic rings. The molecule has 0 unspecified atom stereocenters. The van der Waals surface area contributed by atoms with Crippen molar-refractivity contribution in [1.82, 2.24) is 0 Å². The summed E-state index contributed by atoms with van der Waals surface area (Å²) in [5.41, 5.74) is -1.07. The molecule has 0 aliphatic rings. The van der Waals surface area contributed by atoms with Crippen molar-refractivity contribution in [2.75, 3.05) is 0 Å². The van der Waals surface area contributed by atoms with Crippen molar-refractivity contribution in [3.05, 3.63) is 32.8 Å². The molecule has 0 saturated heterocycles. The van der Waals surface area contributed by atoms with Gasteiger partial charge in [-0.05, 0) is 6.07 Å². The highest BCUT2D eigenvalue weighted by molar-refractivity contribution is 6.32. The van der Waals surface area contributed by atoms with E-state index >= 15 is 0 Å². The van der Waals surface area contributed by atoms with Gasteiger partial charge in [0.2, 0.25) is 5.75 Å². The monoisotopic (exact) mass is 217 g/mol.